The first-order valence-corrected chi connectivity index (χ1v) is 13.4. The van der Waals surface area contributed by atoms with E-state index in [1.54, 1.807) is 43.5 Å². The van der Waals surface area contributed by atoms with E-state index < -0.39 is 23.2 Å². The summed E-state index contributed by atoms with van der Waals surface area (Å²) in [6.45, 7) is 3.61. The fraction of sp³-hybridized carbons (Fsp3) is 0.188. The number of nitrogens with one attached hydrogen (secondary N) is 1. The molecule has 3 amide bonds. The van der Waals surface area contributed by atoms with Crippen LogP contribution in [0.1, 0.15) is 50.1 Å². The summed E-state index contributed by atoms with van der Waals surface area (Å²) in [5, 5.41) is 4.85. The predicted molar refractivity (Wildman–Crippen MR) is 151 cm³/mol. The molecule has 3 aromatic carbocycles. The highest BCUT2D eigenvalue weighted by Gasteiger charge is 2.68. The molecule has 0 radical (unpaired) electrons. The molecule has 4 aromatic rings. The lowest BCUT2D eigenvalue weighted by molar-refractivity contribution is -0.122. The second kappa shape index (κ2) is 8.76. The third-order valence-electron chi connectivity index (χ3n) is 8.49. The van der Waals surface area contributed by atoms with E-state index in [1.165, 1.54) is 4.90 Å². The molecular formula is C32H24ClN3O4. The molecule has 0 saturated carbocycles. The second-order valence-corrected chi connectivity index (χ2v) is 11.0. The van der Waals surface area contributed by atoms with Crippen molar-refractivity contribution in [3.8, 4) is 0 Å². The van der Waals surface area contributed by atoms with Gasteiger partial charge in [-0.05, 0) is 65.9 Å². The summed E-state index contributed by atoms with van der Waals surface area (Å²) >= 11 is 6.32. The Labute approximate surface area is 235 Å². The Kier molecular flexibility index (Phi) is 5.38. The van der Waals surface area contributed by atoms with E-state index in [9.17, 15) is 14.4 Å². The predicted octanol–water partition coefficient (Wildman–Crippen LogP) is 5.52. The van der Waals surface area contributed by atoms with Crippen molar-refractivity contribution in [1.82, 2.24) is 5.43 Å². The van der Waals surface area contributed by atoms with Crippen molar-refractivity contribution in [2.24, 2.45) is 16.9 Å². The van der Waals surface area contributed by atoms with Gasteiger partial charge in [-0.15, -0.1) is 0 Å². The van der Waals surface area contributed by atoms with Crippen molar-refractivity contribution < 1.29 is 18.8 Å². The first kappa shape index (κ1) is 24.5. The smallest absolute Gasteiger partial charge is 0.307 e. The highest BCUT2D eigenvalue weighted by molar-refractivity contribution is 6.31. The van der Waals surface area contributed by atoms with E-state index in [2.05, 4.69) is 10.5 Å². The van der Waals surface area contributed by atoms with Crippen molar-refractivity contribution in [2.75, 3.05) is 4.90 Å². The molecule has 2 atom stereocenters. The largest absolute Gasteiger partial charge is 0.456 e. The van der Waals surface area contributed by atoms with Gasteiger partial charge in [-0.25, -0.2) is 10.3 Å². The van der Waals surface area contributed by atoms with Crippen molar-refractivity contribution >= 4 is 41.2 Å². The van der Waals surface area contributed by atoms with Crippen molar-refractivity contribution in [1.29, 1.82) is 0 Å². The number of rotatable bonds is 4. The monoisotopic (exact) mass is 549 g/mol. The minimum Gasteiger partial charge on any atom is -0.456 e. The molecule has 0 spiro atoms. The number of hydrogen-bond donors (Lipinski definition) is 1. The molecule has 7 nitrogen and oxygen atoms in total. The van der Waals surface area contributed by atoms with Crippen LogP contribution < -0.4 is 10.3 Å². The Morgan fingerprint density at radius 3 is 2.27 bits per heavy atom. The number of halogens is 1. The van der Waals surface area contributed by atoms with Crippen molar-refractivity contribution in [3.05, 3.63) is 123 Å². The number of imide groups is 1. The average molecular weight is 550 g/mol. The first-order chi connectivity index (χ1) is 19.3. The fourth-order valence-electron chi connectivity index (χ4n) is 6.92. The van der Waals surface area contributed by atoms with Crippen LogP contribution in [0.5, 0.6) is 0 Å². The maximum atomic E-state index is 14.4. The number of carbonyl (C=O) groups excluding carboxylic acids is 3. The van der Waals surface area contributed by atoms with Gasteiger partial charge in [-0.1, -0.05) is 66.2 Å². The van der Waals surface area contributed by atoms with Crippen LogP contribution in [-0.2, 0) is 15.0 Å². The number of nitrogens with zero attached hydrogens (tertiary/aromatic N) is 2. The molecule has 1 saturated heterocycles. The van der Waals surface area contributed by atoms with Crippen LogP contribution in [0, 0.1) is 25.7 Å². The number of aryl methyl sites for hydroxylation is 2. The normalized spacial score (nSPS) is 24.3. The Morgan fingerprint density at radius 1 is 0.950 bits per heavy atom. The molecule has 1 aromatic heterocycles. The van der Waals surface area contributed by atoms with Gasteiger partial charge in [0.2, 0.25) is 11.8 Å². The minimum absolute atomic E-state index is 0.132. The summed E-state index contributed by atoms with van der Waals surface area (Å²) in [5.41, 5.74) is 6.50. The standard InChI is InChI=1S/C32H24ClN3O4/c1-17-11-13-19(33)15-24(17)36-30(38)27-26-20-7-3-5-9-22(20)32(28(27)31(36)39,23-10-6-4-8-21(23)26)16-34-35-29(37)25-14-12-18(2)40-25/h3-16,26-28H,1-2H3,(H,35,37)/b34-16-/t26?,27-,28+,32?/m1/s1. The summed E-state index contributed by atoms with van der Waals surface area (Å²) in [4.78, 5) is 42.8. The molecule has 2 heterocycles. The van der Waals surface area contributed by atoms with E-state index in [0.717, 1.165) is 27.8 Å². The van der Waals surface area contributed by atoms with Crippen LogP contribution in [-0.4, -0.2) is 23.9 Å². The highest BCUT2D eigenvalue weighted by Crippen LogP contribution is 2.63. The molecule has 1 aliphatic heterocycles. The van der Waals surface area contributed by atoms with Gasteiger partial charge in [0.1, 0.15) is 5.76 Å². The van der Waals surface area contributed by atoms with Crippen LogP contribution in [0.3, 0.4) is 0 Å². The Hall–Kier alpha value is -4.49. The molecular weight excluding hydrogens is 526 g/mol. The van der Waals surface area contributed by atoms with Crippen LogP contribution in [0.2, 0.25) is 5.02 Å². The third-order valence-corrected chi connectivity index (χ3v) is 8.73. The lowest BCUT2D eigenvalue weighted by Crippen LogP contribution is -2.54. The molecule has 3 aliphatic carbocycles. The van der Waals surface area contributed by atoms with Crippen LogP contribution >= 0.6 is 11.6 Å². The molecule has 2 bridgehead atoms. The van der Waals surface area contributed by atoms with Crippen LogP contribution in [0.15, 0.2) is 88.4 Å². The maximum absolute atomic E-state index is 14.4. The molecule has 0 unspecified atom stereocenters. The summed E-state index contributed by atoms with van der Waals surface area (Å²) in [6.07, 6.45) is 1.63. The molecule has 40 heavy (non-hydrogen) atoms. The summed E-state index contributed by atoms with van der Waals surface area (Å²) in [7, 11) is 0. The molecule has 198 valence electrons. The van der Waals surface area contributed by atoms with Crippen molar-refractivity contribution in [2.45, 2.75) is 25.2 Å². The number of hydrazone groups is 1. The van der Waals surface area contributed by atoms with E-state index in [-0.39, 0.29) is 23.5 Å². The van der Waals surface area contributed by atoms with Crippen molar-refractivity contribution in [3.63, 3.8) is 0 Å². The Balaban J connectivity index is 1.42. The fourth-order valence-corrected chi connectivity index (χ4v) is 7.08. The second-order valence-electron chi connectivity index (χ2n) is 10.6. The van der Waals surface area contributed by atoms with Gasteiger partial charge in [-0.2, -0.15) is 5.10 Å². The van der Waals surface area contributed by atoms with Gasteiger partial charge in [0, 0.05) is 17.2 Å². The van der Waals surface area contributed by atoms with Crippen LogP contribution in [0.25, 0.3) is 0 Å². The number of benzene rings is 3. The summed E-state index contributed by atoms with van der Waals surface area (Å²) in [5.74, 6) is -2.05. The highest BCUT2D eigenvalue weighted by atomic mass is 35.5. The van der Waals surface area contributed by atoms with Gasteiger partial charge in [-0.3, -0.25) is 14.4 Å². The molecule has 1 N–H and O–H groups in total. The summed E-state index contributed by atoms with van der Waals surface area (Å²) < 4.78 is 5.44. The topological polar surface area (TPSA) is 92.0 Å². The van der Waals surface area contributed by atoms with E-state index in [0.29, 0.717) is 16.5 Å². The van der Waals surface area contributed by atoms with Crippen LogP contribution in [0.4, 0.5) is 5.69 Å². The molecule has 1 fully saturated rings. The van der Waals surface area contributed by atoms with E-state index in [1.807, 2.05) is 55.5 Å². The van der Waals surface area contributed by atoms with Gasteiger partial charge < -0.3 is 4.42 Å². The van der Waals surface area contributed by atoms with E-state index in [4.69, 9.17) is 16.0 Å². The van der Waals surface area contributed by atoms with Gasteiger partial charge >= 0.3 is 5.91 Å². The molecule has 8 heteroatoms. The number of amides is 3. The summed E-state index contributed by atoms with van der Waals surface area (Å²) in [6, 6.07) is 24.3. The lowest BCUT2D eigenvalue weighted by atomic mass is 9.47. The maximum Gasteiger partial charge on any atom is 0.307 e. The lowest BCUT2D eigenvalue weighted by Gasteiger charge is -2.52. The average Bonchev–Trinajstić information content (AvgIpc) is 3.51. The number of hydrogen-bond acceptors (Lipinski definition) is 5. The molecule has 4 aliphatic rings. The van der Waals surface area contributed by atoms with Gasteiger partial charge in [0.15, 0.2) is 5.76 Å². The number of anilines is 1. The van der Waals surface area contributed by atoms with Gasteiger partial charge in [0.05, 0.1) is 22.9 Å². The zero-order chi connectivity index (χ0) is 27.8. The zero-order valence-electron chi connectivity index (χ0n) is 21.7. The van der Waals surface area contributed by atoms with E-state index >= 15 is 0 Å². The quantitative estimate of drug-likeness (QED) is 0.206. The number of carbonyl (C=O) groups is 3. The minimum atomic E-state index is -1.09. The zero-order valence-corrected chi connectivity index (χ0v) is 22.5. The Morgan fingerprint density at radius 2 is 1.62 bits per heavy atom. The number of furan rings is 1. The first-order valence-electron chi connectivity index (χ1n) is 13.1. The Bertz CT molecular complexity index is 1730. The van der Waals surface area contributed by atoms with Gasteiger partial charge in [0.25, 0.3) is 0 Å². The SMILES string of the molecule is Cc1ccc(C(=O)N/N=C\C23c4ccccc4C(c4ccccc42)[C@H]2C(=O)N(c4cc(Cl)ccc4C)C(=O)[C@H]23)o1. The third kappa shape index (κ3) is 3.24. The molecule has 8 rings (SSSR count).